The number of aliphatic hydroxyl groups excluding tert-OH is 1. The number of likely N-dealkylation sites (tertiary alicyclic amines) is 1. The number of aliphatic hydroxyl groups is 1. The number of ether oxygens (including phenoxy) is 1. The molecule has 7 heteroatoms. The van der Waals surface area contributed by atoms with Gasteiger partial charge in [-0.15, -0.1) is 11.3 Å². The molecule has 2 aliphatic rings. The maximum Gasteiger partial charge on any atom is 0.226 e. The first-order chi connectivity index (χ1) is 14.1. The number of thiazole rings is 1. The van der Waals surface area contributed by atoms with Gasteiger partial charge in [-0.3, -0.25) is 4.79 Å². The molecule has 5 nitrogen and oxygen atoms in total. The lowest BCUT2D eigenvalue weighted by atomic mass is 9.86. The summed E-state index contributed by atoms with van der Waals surface area (Å²) in [5, 5.41) is 11.9. The zero-order valence-corrected chi connectivity index (χ0v) is 18.0. The van der Waals surface area contributed by atoms with Crippen molar-refractivity contribution in [3.63, 3.8) is 0 Å². The van der Waals surface area contributed by atoms with Gasteiger partial charge in [-0.05, 0) is 62.1 Å². The fourth-order valence-electron chi connectivity index (χ4n) is 4.47. The monoisotopic (exact) mass is 434 g/mol. The fraction of sp³-hybridized carbons (Fsp3) is 0.545. The maximum absolute atomic E-state index is 13.0. The predicted molar refractivity (Wildman–Crippen MR) is 114 cm³/mol. The number of carbonyl (C=O) groups excluding carboxylic acids is 1. The molecule has 2 aromatic rings. The molecule has 1 atom stereocenters. The summed E-state index contributed by atoms with van der Waals surface area (Å²) in [7, 11) is 0. The largest absolute Gasteiger partial charge is 0.487 e. The number of aromatic nitrogens is 1. The second-order valence-electron chi connectivity index (χ2n) is 8.10. The number of benzene rings is 1. The molecule has 1 aliphatic heterocycles. The third-order valence-corrected chi connectivity index (χ3v) is 7.21. The van der Waals surface area contributed by atoms with Crippen LogP contribution in [0.5, 0.6) is 5.75 Å². The van der Waals surface area contributed by atoms with Crippen LogP contribution in [0.2, 0.25) is 5.02 Å². The van der Waals surface area contributed by atoms with Crippen molar-refractivity contribution in [1.82, 2.24) is 9.88 Å². The molecule has 2 fully saturated rings. The van der Waals surface area contributed by atoms with E-state index < -0.39 is 0 Å². The van der Waals surface area contributed by atoms with Crippen LogP contribution >= 0.6 is 22.9 Å². The first-order valence-corrected chi connectivity index (χ1v) is 11.7. The first kappa shape index (κ1) is 20.6. The molecule has 0 bridgehead atoms. The van der Waals surface area contributed by atoms with Crippen molar-refractivity contribution < 1.29 is 14.6 Å². The molecule has 29 heavy (non-hydrogen) atoms. The van der Waals surface area contributed by atoms with Gasteiger partial charge < -0.3 is 14.7 Å². The number of carbonyl (C=O) groups is 1. The molecule has 0 spiro atoms. The van der Waals surface area contributed by atoms with Gasteiger partial charge in [-0.25, -0.2) is 4.98 Å². The van der Waals surface area contributed by atoms with E-state index in [1.165, 1.54) is 0 Å². The summed E-state index contributed by atoms with van der Waals surface area (Å²) in [6.45, 7) is 1.53. The molecule has 1 saturated heterocycles. The molecule has 1 aliphatic carbocycles. The summed E-state index contributed by atoms with van der Waals surface area (Å²) in [6.07, 6.45) is 5.61. The normalized spacial score (nSPS) is 24.8. The smallest absolute Gasteiger partial charge is 0.226 e. The minimum Gasteiger partial charge on any atom is -0.487 e. The minimum absolute atomic E-state index is 0.00448. The van der Waals surface area contributed by atoms with Gasteiger partial charge in [0.1, 0.15) is 12.4 Å². The van der Waals surface area contributed by atoms with Crippen LogP contribution < -0.4 is 4.74 Å². The van der Waals surface area contributed by atoms with Crippen molar-refractivity contribution in [2.75, 3.05) is 13.2 Å². The molecule has 1 aromatic heterocycles. The summed E-state index contributed by atoms with van der Waals surface area (Å²) in [6, 6.07) is 6.06. The molecular weight excluding hydrogens is 408 g/mol. The standard InChI is InChI=1S/C22H27ClN2O3S/c23-21-10-20(28-12-18-13-29-14-24-18)6-3-16(21)9-17-7-8-25(22(17)27)19-4-1-15(11-26)2-5-19/h3,6,10,13-15,17,19,26H,1-2,4-5,7-9,11-12H2. The summed E-state index contributed by atoms with van der Waals surface area (Å²) in [4.78, 5) is 19.3. The lowest BCUT2D eigenvalue weighted by Gasteiger charge is -2.34. The Bertz CT molecular complexity index is 821. The van der Waals surface area contributed by atoms with Gasteiger partial charge >= 0.3 is 0 Å². The zero-order valence-electron chi connectivity index (χ0n) is 16.4. The van der Waals surface area contributed by atoms with E-state index in [4.69, 9.17) is 16.3 Å². The molecule has 1 amide bonds. The second kappa shape index (κ2) is 9.45. The van der Waals surface area contributed by atoms with E-state index >= 15 is 0 Å². The lowest BCUT2D eigenvalue weighted by molar-refractivity contribution is -0.133. The Morgan fingerprint density at radius 3 is 2.76 bits per heavy atom. The van der Waals surface area contributed by atoms with Crippen LogP contribution in [-0.4, -0.2) is 40.1 Å². The highest BCUT2D eigenvalue weighted by Gasteiger charge is 2.37. The SMILES string of the molecule is O=C1C(Cc2ccc(OCc3cscn3)cc2Cl)CCN1C1CCC(CO)CC1. The van der Waals surface area contributed by atoms with E-state index in [9.17, 15) is 9.90 Å². The molecule has 4 rings (SSSR count). The predicted octanol–water partition coefficient (Wildman–Crippen LogP) is 4.32. The summed E-state index contributed by atoms with van der Waals surface area (Å²) in [5.74, 6) is 1.39. The van der Waals surface area contributed by atoms with Crippen molar-refractivity contribution in [2.24, 2.45) is 11.8 Å². The Morgan fingerprint density at radius 1 is 1.24 bits per heavy atom. The Kier molecular flexibility index (Phi) is 6.73. The van der Waals surface area contributed by atoms with Crippen LogP contribution in [0.3, 0.4) is 0 Å². The van der Waals surface area contributed by atoms with E-state index in [0.29, 0.717) is 35.8 Å². The maximum atomic E-state index is 13.0. The molecule has 0 radical (unpaired) electrons. The molecule has 2 heterocycles. The second-order valence-corrected chi connectivity index (χ2v) is 9.23. The third kappa shape index (κ3) is 4.93. The Balaban J connectivity index is 1.32. The molecular formula is C22H27ClN2O3S. The van der Waals surface area contributed by atoms with Gasteiger partial charge in [0.25, 0.3) is 0 Å². The van der Waals surface area contributed by atoms with E-state index in [1.807, 2.05) is 23.6 Å². The summed E-state index contributed by atoms with van der Waals surface area (Å²) < 4.78 is 5.76. The van der Waals surface area contributed by atoms with E-state index in [-0.39, 0.29) is 18.4 Å². The van der Waals surface area contributed by atoms with Crippen molar-refractivity contribution in [1.29, 1.82) is 0 Å². The highest BCUT2D eigenvalue weighted by Crippen LogP contribution is 2.34. The Hall–Kier alpha value is -1.63. The van der Waals surface area contributed by atoms with Crippen molar-refractivity contribution in [2.45, 2.75) is 51.2 Å². The fourth-order valence-corrected chi connectivity index (χ4v) is 5.26. The van der Waals surface area contributed by atoms with Crippen LogP contribution in [0, 0.1) is 11.8 Å². The highest BCUT2D eigenvalue weighted by atomic mass is 35.5. The number of halogens is 1. The Morgan fingerprint density at radius 2 is 2.07 bits per heavy atom. The minimum atomic E-state index is 0.00448. The van der Waals surface area contributed by atoms with Gasteiger partial charge in [0.2, 0.25) is 5.91 Å². The quantitative estimate of drug-likeness (QED) is 0.705. The van der Waals surface area contributed by atoms with Crippen molar-refractivity contribution in [3.8, 4) is 5.75 Å². The summed E-state index contributed by atoms with van der Waals surface area (Å²) in [5.41, 5.74) is 3.69. The highest BCUT2D eigenvalue weighted by molar-refractivity contribution is 7.07. The van der Waals surface area contributed by atoms with E-state index in [0.717, 1.165) is 49.9 Å². The van der Waals surface area contributed by atoms with E-state index in [1.54, 1.807) is 16.8 Å². The zero-order chi connectivity index (χ0) is 20.2. The average molecular weight is 435 g/mol. The number of hydrogen-bond donors (Lipinski definition) is 1. The number of hydrogen-bond acceptors (Lipinski definition) is 5. The van der Waals surface area contributed by atoms with Crippen LogP contribution in [-0.2, 0) is 17.8 Å². The Labute approximate surface area is 180 Å². The first-order valence-electron chi connectivity index (χ1n) is 10.3. The van der Waals surface area contributed by atoms with Gasteiger partial charge in [0.05, 0.1) is 11.2 Å². The van der Waals surface area contributed by atoms with Crippen LogP contribution in [0.25, 0.3) is 0 Å². The molecule has 1 N–H and O–H groups in total. The number of amides is 1. The van der Waals surface area contributed by atoms with Crippen LogP contribution in [0.1, 0.15) is 43.4 Å². The molecule has 1 unspecified atom stereocenters. The van der Waals surface area contributed by atoms with Gasteiger partial charge in [0.15, 0.2) is 0 Å². The average Bonchev–Trinajstić information content (AvgIpc) is 3.39. The van der Waals surface area contributed by atoms with Gasteiger partial charge in [-0.1, -0.05) is 17.7 Å². The lowest BCUT2D eigenvalue weighted by Crippen LogP contribution is -2.40. The van der Waals surface area contributed by atoms with Crippen LogP contribution in [0.15, 0.2) is 29.1 Å². The molecule has 1 aromatic carbocycles. The van der Waals surface area contributed by atoms with E-state index in [2.05, 4.69) is 9.88 Å². The number of rotatable bonds is 7. The molecule has 1 saturated carbocycles. The molecule has 156 valence electrons. The number of nitrogens with zero attached hydrogens (tertiary/aromatic N) is 2. The van der Waals surface area contributed by atoms with Crippen LogP contribution in [0.4, 0.5) is 0 Å². The topological polar surface area (TPSA) is 62.7 Å². The van der Waals surface area contributed by atoms with Gasteiger partial charge in [0, 0.05) is 35.5 Å². The summed E-state index contributed by atoms with van der Waals surface area (Å²) >= 11 is 8.04. The van der Waals surface area contributed by atoms with Gasteiger partial charge in [-0.2, -0.15) is 0 Å². The van der Waals surface area contributed by atoms with Crippen molar-refractivity contribution in [3.05, 3.63) is 45.4 Å². The van der Waals surface area contributed by atoms with Crippen molar-refractivity contribution >= 4 is 28.8 Å². The third-order valence-electron chi connectivity index (χ3n) is 6.23.